The molecule has 0 radical (unpaired) electrons. The molecular weight excluding hydrogens is 388 g/mol. The molecule has 1 amide bonds. The molecule has 0 bridgehead atoms. The van der Waals surface area contributed by atoms with Gasteiger partial charge in [0, 0.05) is 26.1 Å². The van der Waals surface area contributed by atoms with E-state index in [0.29, 0.717) is 40.7 Å². The topological polar surface area (TPSA) is 111 Å². The third-order valence-electron chi connectivity index (χ3n) is 5.37. The van der Waals surface area contributed by atoms with Gasteiger partial charge in [0.25, 0.3) is 0 Å². The third-order valence-corrected chi connectivity index (χ3v) is 5.37. The number of carbonyl (C=O) groups is 1. The van der Waals surface area contributed by atoms with Crippen molar-refractivity contribution in [1.82, 2.24) is 14.3 Å². The standard InChI is InChI=1S/C24H20N6O/c1-29(2)21(31)12-9-15-7-10-16(11-8-15)22-17(13-25)23(27)30-20-6-4-3-5-19(20)28-24(30)18(22)14-26/h3-8,10-11H,9,12,27H2,1-2H3. The molecule has 31 heavy (non-hydrogen) atoms. The number of hydrogen-bond acceptors (Lipinski definition) is 5. The Labute approximate surface area is 179 Å². The van der Waals surface area contributed by atoms with Crippen LogP contribution in [0, 0.1) is 22.7 Å². The van der Waals surface area contributed by atoms with Crippen molar-refractivity contribution in [3.8, 4) is 23.3 Å². The van der Waals surface area contributed by atoms with Gasteiger partial charge in [-0.2, -0.15) is 10.5 Å². The average Bonchev–Trinajstić information content (AvgIpc) is 3.17. The lowest BCUT2D eigenvalue weighted by Crippen LogP contribution is -2.21. The number of nitrogens with zero attached hydrogens (tertiary/aromatic N) is 5. The average molecular weight is 408 g/mol. The molecule has 0 atom stereocenters. The predicted molar refractivity (Wildman–Crippen MR) is 119 cm³/mol. The molecular formula is C24H20N6O. The minimum atomic E-state index is 0.0622. The summed E-state index contributed by atoms with van der Waals surface area (Å²) in [4.78, 5) is 18.0. The summed E-state index contributed by atoms with van der Waals surface area (Å²) in [5.74, 6) is 0.313. The second-order valence-electron chi connectivity index (χ2n) is 7.48. The highest BCUT2D eigenvalue weighted by molar-refractivity contribution is 5.92. The van der Waals surface area contributed by atoms with Crippen LogP contribution in [0.1, 0.15) is 23.1 Å². The minimum absolute atomic E-state index is 0.0622. The molecule has 7 heteroatoms. The number of imidazole rings is 1. The summed E-state index contributed by atoms with van der Waals surface area (Å²) in [6.07, 6.45) is 1.03. The van der Waals surface area contributed by atoms with Gasteiger partial charge in [0.1, 0.15) is 29.1 Å². The summed E-state index contributed by atoms with van der Waals surface area (Å²) < 4.78 is 1.66. The minimum Gasteiger partial charge on any atom is -0.384 e. The maximum Gasteiger partial charge on any atom is 0.222 e. The molecule has 2 aromatic carbocycles. The number of amides is 1. The molecule has 152 valence electrons. The zero-order chi connectivity index (χ0) is 22.1. The van der Waals surface area contributed by atoms with E-state index in [1.807, 2.05) is 48.5 Å². The molecule has 0 saturated carbocycles. The highest BCUT2D eigenvalue weighted by Crippen LogP contribution is 2.35. The number of fused-ring (bicyclic) bond motifs is 3. The Balaban J connectivity index is 1.86. The van der Waals surface area contributed by atoms with E-state index in [2.05, 4.69) is 17.1 Å². The third kappa shape index (κ3) is 3.33. The van der Waals surface area contributed by atoms with Gasteiger partial charge < -0.3 is 10.6 Å². The van der Waals surface area contributed by atoms with Gasteiger partial charge in [-0.05, 0) is 29.7 Å². The van der Waals surface area contributed by atoms with E-state index in [1.165, 1.54) is 0 Å². The Morgan fingerprint density at radius 1 is 1.06 bits per heavy atom. The maximum absolute atomic E-state index is 11.8. The number of nitrogen functional groups attached to an aromatic ring is 1. The zero-order valence-electron chi connectivity index (χ0n) is 17.3. The fraction of sp³-hybridized carbons (Fsp3) is 0.167. The number of carbonyl (C=O) groups excluding carboxylic acids is 1. The van der Waals surface area contributed by atoms with Crippen molar-refractivity contribution >= 4 is 28.4 Å². The monoisotopic (exact) mass is 408 g/mol. The largest absolute Gasteiger partial charge is 0.384 e. The predicted octanol–water partition coefficient (Wildman–Crippen LogP) is 3.50. The van der Waals surface area contributed by atoms with Crippen molar-refractivity contribution in [3.05, 3.63) is 65.2 Å². The van der Waals surface area contributed by atoms with Crippen LogP contribution in [0.2, 0.25) is 0 Å². The molecule has 7 nitrogen and oxygen atoms in total. The van der Waals surface area contributed by atoms with Crippen LogP contribution in [-0.4, -0.2) is 34.3 Å². The second-order valence-corrected chi connectivity index (χ2v) is 7.48. The smallest absolute Gasteiger partial charge is 0.222 e. The fourth-order valence-corrected chi connectivity index (χ4v) is 3.73. The highest BCUT2D eigenvalue weighted by atomic mass is 16.2. The van der Waals surface area contributed by atoms with Crippen LogP contribution < -0.4 is 5.73 Å². The number of benzene rings is 2. The maximum atomic E-state index is 11.8. The summed E-state index contributed by atoms with van der Waals surface area (Å²) in [6, 6.07) is 19.4. The van der Waals surface area contributed by atoms with E-state index in [1.54, 1.807) is 23.4 Å². The lowest BCUT2D eigenvalue weighted by Gasteiger charge is -2.13. The molecule has 0 aliphatic rings. The number of aryl methyl sites for hydroxylation is 1. The van der Waals surface area contributed by atoms with E-state index in [4.69, 9.17) is 5.73 Å². The first-order valence-corrected chi connectivity index (χ1v) is 9.78. The first kappa shape index (κ1) is 19.9. The van der Waals surface area contributed by atoms with Crippen LogP contribution in [0.15, 0.2) is 48.5 Å². The Kier molecular flexibility index (Phi) is 5.02. The summed E-state index contributed by atoms with van der Waals surface area (Å²) in [5.41, 5.74) is 11.0. The van der Waals surface area contributed by atoms with Crippen LogP contribution in [0.5, 0.6) is 0 Å². The number of rotatable bonds is 4. The molecule has 0 saturated heterocycles. The van der Waals surface area contributed by atoms with E-state index in [-0.39, 0.29) is 17.3 Å². The zero-order valence-corrected chi connectivity index (χ0v) is 17.3. The molecule has 2 N–H and O–H groups in total. The molecule has 0 spiro atoms. The fourth-order valence-electron chi connectivity index (χ4n) is 3.73. The quantitative estimate of drug-likeness (QED) is 0.555. The van der Waals surface area contributed by atoms with Crippen LogP contribution in [0.3, 0.4) is 0 Å². The molecule has 0 fully saturated rings. The number of anilines is 1. The van der Waals surface area contributed by atoms with E-state index in [0.717, 1.165) is 11.1 Å². The Morgan fingerprint density at radius 2 is 1.74 bits per heavy atom. The van der Waals surface area contributed by atoms with Gasteiger partial charge in [-0.1, -0.05) is 36.4 Å². The van der Waals surface area contributed by atoms with Crippen LogP contribution in [-0.2, 0) is 11.2 Å². The molecule has 0 aliphatic carbocycles. The highest BCUT2D eigenvalue weighted by Gasteiger charge is 2.22. The number of para-hydroxylation sites is 2. The summed E-state index contributed by atoms with van der Waals surface area (Å²) in [7, 11) is 3.47. The Morgan fingerprint density at radius 3 is 2.39 bits per heavy atom. The molecule has 2 aromatic heterocycles. The van der Waals surface area contributed by atoms with Gasteiger partial charge in [-0.3, -0.25) is 9.20 Å². The van der Waals surface area contributed by atoms with Gasteiger partial charge >= 0.3 is 0 Å². The summed E-state index contributed by atoms with van der Waals surface area (Å²) in [6.45, 7) is 0. The molecule has 2 heterocycles. The van der Waals surface area contributed by atoms with Gasteiger partial charge in [-0.25, -0.2) is 4.98 Å². The van der Waals surface area contributed by atoms with E-state index in [9.17, 15) is 15.3 Å². The SMILES string of the molecule is CN(C)C(=O)CCc1ccc(-c2c(C#N)c(N)n3c(nc4ccccc43)c2C#N)cc1. The van der Waals surface area contributed by atoms with Crippen molar-refractivity contribution in [2.24, 2.45) is 0 Å². The molecule has 4 aromatic rings. The van der Waals surface area contributed by atoms with Crippen molar-refractivity contribution in [2.45, 2.75) is 12.8 Å². The van der Waals surface area contributed by atoms with Crippen molar-refractivity contribution in [2.75, 3.05) is 19.8 Å². The lowest BCUT2D eigenvalue weighted by atomic mass is 9.95. The lowest BCUT2D eigenvalue weighted by molar-refractivity contribution is -0.128. The summed E-state index contributed by atoms with van der Waals surface area (Å²) in [5, 5.41) is 19.9. The van der Waals surface area contributed by atoms with Crippen molar-refractivity contribution in [1.29, 1.82) is 10.5 Å². The molecule has 0 unspecified atom stereocenters. The number of nitriles is 2. The van der Waals surface area contributed by atoms with Gasteiger partial charge in [0.15, 0.2) is 5.65 Å². The van der Waals surface area contributed by atoms with Gasteiger partial charge in [-0.15, -0.1) is 0 Å². The van der Waals surface area contributed by atoms with Crippen LogP contribution >= 0.6 is 0 Å². The van der Waals surface area contributed by atoms with Crippen molar-refractivity contribution < 1.29 is 4.79 Å². The second kappa shape index (κ2) is 7.81. The number of hydrogen-bond donors (Lipinski definition) is 1. The van der Waals surface area contributed by atoms with E-state index >= 15 is 0 Å². The summed E-state index contributed by atoms with van der Waals surface area (Å²) >= 11 is 0. The van der Waals surface area contributed by atoms with Gasteiger partial charge in [0.05, 0.1) is 11.0 Å². The van der Waals surface area contributed by atoms with Crippen molar-refractivity contribution in [3.63, 3.8) is 0 Å². The molecule has 0 aliphatic heterocycles. The van der Waals surface area contributed by atoms with E-state index < -0.39 is 0 Å². The molecule has 4 rings (SSSR count). The first-order valence-electron chi connectivity index (χ1n) is 9.78. The normalized spacial score (nSPS) is 10.7. The first-order chi connectivity index (χ1) is 15.0. The number of aromatic nitrogens is 2. The Bertz CT molecular complexity index is 1400. The number of pyridine rings is 1. The van der Waals surface area contributed by atoms with Crippen LogP contribution in [0.25, 0.3) is 27.8 Å². The Hall–Kier alpha value is -4.36. The van der Waals surface area contributed by atoms with Crippen LogP contribution in [0.4, 0.5) is 5.82 Å². The number of nitrogens with two attached hydrogens (primary N) is 1. The van der Waals surface area contributed by atoms with Gasteiger partial charge in [0.2, 0.25) is 5.91 Å².